The quantitative estimate of drug-likeness (QED) is 0.306. The number of carbonyl (C=O) groups is 2. The predicted octanol–water partition coefficient (Wildman–Crippen LogP) is -1.85. The summed E-state index contributed by atoms with van der Waals surface area (Å²) in [7, 11) is 5.31. The number of nitrogens with zero attached hydrogens (tertiary/aromatic N) is 2. The number of aromatic amines is 1. The SMILES string of the molecule is C[N+](C)(C)[C@@H](Cc1cnc([Se](=O)C[C@H](N)C(=O)O)[nH]1)C(=O)O. The summed E-state index contributed by atoms with van der Waals surface area (Å²) in [5.41, 5.74) is 5.89. The van der Waals surface area contributed by atoms with Crippen molar-refractivity contribution < 1.29 is 28.1 Å². The van der Waals surface area contributed by atoms with Gasteiger partial charge in [-0.2, -0.15) is 0 Å². The van der Waals surface area contributed by atoms with Gasteiger partial charge in [0.05, 0.1) is 0 Å². The third kappa shape index (κ3) is 4.99. The summed E-state index contributed by atoms with van der Waals surface area (Å²) in [5, 5.41) is 17.8. The molecule has 0 spiro atoms. The third-order valence-corrected chi connectivity index (χ3v) is 5.83. The number of rotatable bonds is 8. The van der Waals surface area contributed by atoms with Crippen molar-refractivity contribution in [1.29, 1.82) is 0 Å². The van der Waals surface area contributed by atoms with Crippen molar-refractivity contribution in [2.75, 3.05) is 21.1 Å². The van der Waals surface area contributed by atoms with Gasteiger partial charge in [-0.05, 0) is 0 Å². The molecular weight excluding hydrogens is 359 g/mol. The Balaban J connectivity index is 2.81. The van der Waals surface area contributed by atoms with Crippen LogP contribution in [0.2, 0.25) is 5.32 Å². The van der Waals surface area contributed by atoms with Gasteiger partial charge < -0.3 is 0 Å². The van der Waals surface area contributed by atoms with Gasteiger partial charge in [-0.3, -0.25) is 0 Å². The molecule has 5 N–H and O–H groups in total. The molecule has 0 bridgehead atoms. The van der Waals surface area contributed by atoms with Crippen LogP contribution in [0, 0.1) is 0 Å². The van der Waals surface area contributed by atoms with Crippen molar-refractivity contribution in [1.82, 2.24) is 9.97 Å². The van der Waals surface area contributed by atoms with E-state index in [9.17, 15) is 18.5 Å². The van der Waals surface area contributed by atoms with Crippen LogP contribution in [-0.4, -0.2) is 83.7 Å². The van der Waals surface area contributed by atoms with Gasteiger partial charge in [0.15, 0.2) is 0 Å². The molecule has 0 aliphatic rings. The first-order chi connectivity index (χ1) is 10.0. The van der Waals surface area contributed by atoms with E-state index in [1.54, 1.807) is 21.1 Å². The number of nitrogens with two attached hydrogens (primary N) is 1. The van der Waals surface area contributed by atoms with E-state index in [1.165, 1.54) is 6.20 Å². The van der Waals surface area contributed by atoms with Gasteiger partial charge >= 0.3 is 131 Å². The Morgan fingerprint density at radius 3 is 2.41 bits per heavy atom. The van der Waals surface area contributed by atoms with Crippen LogP contribution in [0.4, 0.5) is 0 Å². The molecular formula is C12H21N4O5Se+. The van der Waals surface area contributed by atoms with E-state index in [4.69, 9.17) is 10.8 Å². The van der Waals surface area contributed by atoms with Gasteiger partial charge in [0.2, 0.25) is 0 Å². The third-order valence-electron chi connectivity index (χ3n) is 3.10. The molecule has 0 radical (unpaired) electrons. The summed E-state index contributed by atoms with van der Waals surface area (Å²) in [6, 6.07) is -1.88. The number of carboxylic acid groups (broad SMARTS) is 2. The number of hydrogen-bond donors (Lipinski definition) is 4. The van der Waals surface area contributed by atoms with Gasteiger partial charge in [0, 0.05) is 0 Å². The van der Waals surface area contributed by atoms with E-state index < -0.39 is 37.9 Å². The zero-order chi connectivity index (χ0) is 17.1. The number of hydrogen-bond acceptors (Lipinski definition) is 5. The number of aromatic nitrogens is 2. The molecule has 0 aliphatic carbocycles. The summed E-state index contributed by atoms with van der Waals surface area (Å²) in [6.07, 6.45) is 1.64. The molecule has 0 aromatic carbocycles. The Kier molecular flexibility index (Phi) is 5.95. The Labute approximate surface area is 131 Å². The molecule has 0 fully saturated rings. The first-order valence-corrected chi connectivity index (χ1v) is 9.23. The van der Waals surface area contributed by atoms with Crippen LogP contribution in [0.5, 0.6) is 0 Å². The van der Waals surface area contributed by atoms with Crippen LogP contribution in [-0.2, 0) is 19.8 Å². The van der Waals surface area contributed by atoms with Crippen LogP contribution in [0.1, 0.15) is 5.69 Å². The van der Waals surface area contributed by atoms with Crippen molar-refractivity contribution in [3.05, 3.63) is 11.9 Å². The van der Waals surface area contributed by atoms with Crippen LogP contribution in [0.25, 0.3) is 0 Å². The average molecular weight is 380 g/mol. The molecule has 0 amide bonds. The summed E-state index contributed by atoms with van der Waals surface area (Å²) in [5.74, 6) is -2.15. The van der Waals surface area contributed by atoms with Gasteiger partial charge in [-0.25, -0.2) is 0 Å². The van der Waals surface area contributed by atoms with E-state index in [2.05, 4.69) is 9.97 Å². The number of nitrogens with one attached hydrogen (secondary N) is 1. The van der Waals surface area contributed by atoms with Crippen molar-refractivity contribution in [3.63, 3.8) is 0 Å². The molecule has 124 valence electrons. The van der Waals surface area contributed by atoms with Crippen molar-refractivity contribution in [3.8, 4) is 0 Å². The maximum atomic E-state index is 12.0. The van der Waals surface area contributed by atoms with Crippen LogP contribution < -0.4 is 10.5 Å². The average Bonchev–Trinajstić information content (AvgIpc) is 2.82. The van der Waals surface area contributed by atoms with Crippen LogP contribution in [0.15, 0.2) is 6.20 Å². The fourth-order valence-corrected chi connectivity index (χ4v) is 3.96. The monoisotopic (exact) mass is 381 g/mol. The van der Waals surface area contributed by atoms with Gasteiger partial charge in [-0.1, -0.05) is 0 Å². The molecule has 1 unspecified atom stereocenters. The molecule has 1 rings (SSSR count). The summed E-state index contributed by atoms with van der Waals surface area (Å²) >= 11 is -2.70. The Hall–Kier alpha value is -1.61. The molecule has 3 atom stereocenters. The number of H-pyrrole nitrogens is 1. The summed E-state index contributed by atoms with van der Waals surface area (Å²) in [6.45, 7) is 0. The number of likely N-dealkylation sites (N-methyl/N-ethyl adjacent to an activating group) is 1. The molecule has 0 aliphatic heterocycles. The fraction of sp³-hybridized carbons (Fsp3) is 0.583. The normalized spacial score (nSPS) is 16.0. The van der Waals surface area contributed by atoms with E-state index in [1.807, 2.05) is 0 Å². The van der Waals surface area contributed by atoms with Crippen molar-refractivity contribution >= 4 is 30.5 Å². The second-order valence-corrected chi connectivity index (χ2v) is 8.81. The van der Waals surface area contributed by atoms with Crippen molar-refractivity contribution in [2.24, 2.45) is 5.73 Å². The number of quaternary nitrogens is 1. The Morgan fingerprint density at radius 2 is 1.95 bits per heavy atom. The fourth-order valence-electron chi connectivity index (χ4n) is 1.77. The van der Waals surface area contributed by atoms with Crippen molar-refractivity contribution in [2.45, 2.75) is 23.8 Å². The Bertz CT molecular complexity index is 580. The molecule has 9 nitrogen and oxygen atoms in total. The first-order valence-electron chi connectivity index (χ1n) is 6.47. The molecule has 10 heteroatoms. The Morgan fingerprint density at radius 1 is 1.36 bits per heavy atom. The summed E-state index contributed by atoms with van der Waals surface area (Å²) in [4.78, 5) is 28.8. The topological polar surface area (TPSA) is 146 Å². The van der Waals surface area contributed by atoms with Crippen LogP contribution in [0.3, 0.4) is 0 Å². The molecule has 1 aromatic heterocycles. The minimum absolute atomic E-state index is 0.167. The molecule has 1 heterocycles. The zero-order valence-corrected chi connectivity index (χ0v) is 14.4. The predicted molar refractivity (Wildman–Crippen MR) is 78.2 cm³/mol. The summed E-state index contributed by atoms with van der Waals surface area (Å²) < 4.78 is 12.5. The van der Waals surface area contributed by atoms with Crippen LogP contribution >= 0.6 is 0 Å². The van der Waals surface area contributed by atoms with E-state index in [-0.39, 0.29) is 20.9 Å². The second-order valence-electron chi connectivity index (χ2n) is 5.84. The zero-order valence-electron chi connectivity index (χ0n) is 12.6. The van der Waals surface area contributed by atoms with E-state index >= 15 is 0 Å². The van der Waals surface area contributed by atoms with Gasteiger partial charge in [0.25, 0.3) is 0 Å². The van der Waals surface area contributed by atoms with E-state index in [0.717, 1.165) is 0 Å². The second kappa shape index (κ2) is 7.10. The minimum atomic E-state index is -2.70. The first kappa shape index (κ1) is 18.4. The molecule has 0 saturated carbocycles. The van der Waals surface area contributed by atoms with Gasteiger partial charge in [-0.15, -0.1) is 0 Å². The molecule has 22 heavy (non-hydrogen) atoms. The van der Waals surface area contributed by atoms with E-state index in [0.29, 0.717) is 5.69 Å². The molecule has 0 saturated heterocycles. The number of imidazole rings is 1. The standard InChI is InChI=1S/C12H20N4O5Se/c1-16(2,3)9(11(19)20)4-7-5-14-12(15-7)22(21)6-8(13)10(17)18/h5,8-9H,4,6,13H2,1-3H3,(H2-,14,15,17,18,19,20)/p+1/t8-,9-,22?/m0/s1. The van der Waals surface area contributed by atoms with Gasteiger partial charge in [0.1, 0.15) is 0 Å². The molecule has 1 aromatic rings. The number of carboxylic acids is 2. The number of aliphatic carboxylic acids is 2. The maximum absolute atomic E-state index is 12.0.